The second kappa shape index (κ2) is 6.58. The van der Waals surface area contributed by atoms with Crippen LogP contribution in [0.4, 0.5) is 0 Å². The quantitative estimate of drug-likeness (QED) is 0.848. The lowest BCUT2D eigenvalue weighted by molar-refractivity contribution is 0.321. The number of aromatic nitrogens is 1. The lowest BCUT2D eigenvalue weighted by Crippen LogP contribution is -2.14. The highest BCUT2D eigenvalue weighted by molar-refractivity contribution is 7.11. The zero-order valence-corrected chi connectivity index (χ0v) is 13.5. The van der Waals surface area contributed by atoms with Crippen LogP contribution in [0.15, 0.2) is 24.4 Å². The van der Waals surface area contributed by atoms with Crippen molar-refractivity contribution in [1.29, 1.82) is 0 Å². The predicted octanol–water partition coefficient (Wildman–Crippen LogP) is 3.63. The number of thiazole rings is 1. The van der Waals surface area contributed by atoms with Crippen LogP contribution in [0.1, 0.15) is 33.9 Å². The fourth-order valence-electron chi connectivity index (χ4n) is 2.35. The molecule has 1 aliphatic carbocycles. The Hall–Kier alpha value is -1.39. The number of hydrogen-bond acceptors (Lipinski definition) is 4. The summed E-state index contributed by atoms with van der Waals surface area (Å²) in [5.74, 6) is 0.958. The second-order valence-corrected chi connectivity index (χ2v) is 7.00. The van der Waals surface area contributed by atoms with Crippen LogP contribution < -0.4 is 10.1 Å². The Balaban J connectivity index is 1.46. The summed E-state index contributed by atoms with van der Waals surface area (Å²) in [4.78, 5) is 5.80. The standard InChI is InChI=1S/C17H22N2OS/c1-12-7-13(2)9-15(8-12)20-6-5-17-19-11-16(21-17)10-18-14-3-4-14/h7-9,11,14,18H,3-6,10H2,1-2H3. The lowest BCUT2D eigenvalue weighted by Gasteiger charge is -2.07. The molecule has 0 atom stereocenters. The van der Waals surface area contributed by atoms with E-state index in [0.29, 0.717) is 6.61 Å². The van der Waals surface area contributed by atoms with E-state index >= 15 is 0 Å². The third-order valence-electron chi connectivity index (χ3n) is 3.52. The summed E-state index contributed by atoms with van der Waals surface area (Å²) >= 11 is 1.79. The molecule has 21 heavy (non-hydrogen) atoms. The molecule has 0 unspecified atom stereocenters. The summed E-state index contributed by atoms with van der Waals surface area (Å²) in [7, 11) is 0. The third-order valence-corrected chi connectivity index (χ3v) is 4.58. The van der Waals surface area contributed by atoms with Gasteiger partial charge in [0.15, 0.2) is 0 Å². The molecule has 1 aromatic carbocycles. The minimum atomic E-state index is 0.686. The molecule has 0 aliphatic heterocycles. The lowest BCUT2D eigenvalue weighted by atomic mass is 10.1. The first-order valence-electron chi connectivity index (χ1n) is 7.57. The van der Waals surface area contributed by atoms with Crippen LogP contribution in [0, 0.1) is 13.8 Å². The van der Waals surface area contributed by atoms with Gasteiger partial charge in [-0.25, -0.2) is 4.98 Å². The highest BCUT2D eigenvalue weighted by Gasteiger charge is 2.20. The largest absolute Gasteiger partial charge is 0.493 e. The maximum atomic E-state index is 5.84. The molecule has 0 spiro atoms. The van der Waals surface area contributed by atoms with E-state index in [4.69, 9.17) is 4.74 Å². The van der Waals surface area contributed by atoms with Crippen LogP contribution >= 0.6 is 11.3 Å². The Labute approximate surface area is 130 Å². The van der Waals surface area contributed by atoms with E-state index in [9.17, 15) is 0 Å². The molecule has 0 amide bonds. The van der Waals surface area contributed by atoms with Crippen molar-refractivity contribution in [3.05, 3.63) is 45.4 Å². The molecule has 1 aliphatic rings. The van der Waals surface area contributed by atoms with E-state index in [1.807, 2.05) is 6.20 Å². The Morgan fingerprint density at radius 1 is 1.24 bits per heavy atom. The molecule has 112 valence electrons. The summed E-state index contributed by atoms with van der Waals surface area (Å²) in [6, 6.07) is 7.08. The zero-order chi connectivity index (χ0) is 14.7. The number of rotatable bonds is 7. The van der Waals surface area contributed by atoms with Crippen molar-refractivity contribution in [3.63, 3.8) is 0 Å². The van der Waals surface area contributed by atoms with Gasteiger partial charge in [-0.05, 0) is 49.9 Å². The summed E-state index contributed by atoms with van der Waals surface area (Å²) in [6.45, 7) is 5.84. The molecule has 0 radical (unpaired) electrons. The van der Waals surface area contributed by atoms with E-state index in [0.717, 1.165) is 29.8 Å². The first-order valence-corrected chi connectivity index (χ1v) is 8.39. The average Bonchev–Trinajstić information content (AvgIpc) is 3.15. The number of aryl methyl sites for hydroxylation is 2. The van der Waals surface area contributed by atoms with E-state index < -0.39 is 0 Å². The van der Waals surface area contributed by atoms with Crippen molar-refractivity contribution in [1.82, 2.24) is 10.3 Å². The molecule has 0 bridgehead atoms. The molecule has 1 aromatic heterocycles. The van der Waals surface area contributed by atoms with Gasteiger partial charge >= 0.3 is 0 Å². The normalized spacial score (nSPS) is 14.4. The minimum Gasteiger partial charge on any atom is -0.493 e. The molecule has 3 rings (SSSR count). The van der Waals surface area contributed by atoms with Gasteiger partial charge in [0.05, 0.1) is 11.6 Å². The van der Waals surface area contributed by atoms with Gasteiger partial charge in [0.25, 0.3) is 0 Å². The van der Waals surface area contributed by atoms with Crippen molar-refractivity contribution in [2.45, 2.75) is 45.7 Å². The Morgan fingerprint density at radius 2 is 2.00 bits per heavy atom. The Bertz CT molecular complexity index is 584. The minimum absolute atomic E-state index is 0.686. The SMILES string of the molecule is Cc1cc(C)cc(OCCc2ncc(CNC3CC3)s2)c1. The molecule has 3 nitrogen and oxygen atoms in total. The molecule has 1 N–H and O–H groups in total. The average molecular weight is 302 g/mol. The van der Waals surface area contributed by atoms with E-state index in [-0.39, 0.29) is 0 Å². The highest BCUT2D eigenvalue weighted by Crippen LogP contribution is 2.21. The van der Waals surface area contributed by atoms with Crippen LogP contribution in [0.2, 0.25) is 0 Å². The Kier molecular flexibility index (Phi) is 4.56. The Morgan fingerprint density at radius 3 is 2.71 bits per heavy atom. The van der Waals surface area contributed by atoms with Crippen LogP contribution in [0.3, 0.4) is 0 Å². The molecule has 0 saturated heterocycles. The molecular weight excluding hydrogens is 280 g/mol. The summed E-state index contributed by atoms with van der Waals surface area (Å²) in [5, 5.41) is 4.68. The van der Waals surface area contributed by atoms with Crippen LogP contribution in [0.25, 0.3) is 0 Å². The van der Waals surface area contributed by atoms with Crippen molar-refractivity contribution in [3.8, 4) is 5.75 Å². The molecule has 4 heteroatoms. The maximum Gasteiger partial charge on any atom is 0.119 e. The van der Waals surface area contributed by atoms with Gasteiger partial charge in [-0.2, -0.15) is 0 Å². The molecule has 1 saturated carbocycles. The summed E-state index contributed by atoms with van der Waals surface area (Å²) in [6.07, 6.45) is 5.53. The second-order valence-electron chi connectivity index (χ2n) is 5.80. The smallest absolute Gasteiger partial charge is 0.119 e. The number of hydrogen-bond donors (Lipinski definition) is 1. The van der Waals surface area contributed by atoms with E-state index in [2.05, 4.69) is 42.3 Å². The van der Waals surface area contributed by atoms with Crippen molar-refractivity contribution >= 4 is 11.3 Å². The summed E-state index contributed by atoms with van der Waals surface area (Å²) < 4.78 is 5.84. The van der Waals surface area contributed by atoms with Gasteiger partial charge in [0.1, 0.15) is 5.75 Å². The number of ether oxygens (including phenoxy) is 1. The van der Waals surface area contributed by atoms with Crippen LogP contribution in [-0.4, -0.2) is 17.6 Å². The highest BCUT2D eigenvalue weighted by atomic mass is 32.1. The molecule has 2 aromatic rings. The first kappa shape index (κ1) is 14.5. The van der Waals surface area contributed by atoms with Crippen molar-refractivity contribution in [2.75, 3.05) is 6.61 Å². The van der Waals surface area contributed by atoms with E-state index in [1.54, 1.807) is 11.3 Å². The van der Waals surface area contributed by atoms with Crippen molar-refractivity contribution in [2.24, 2.45) is 0 Å². The predicted molar refractivity (Wildman–Crippen MR) is 87.1 cm³/mol. The fraction of sp³-hybridized carbons (Fsp3) is 0.471. The van der Waals surface area contributed by atoms with Gasteiger partial charge in [-0.15, -0.1) is 11.3 Å². The monoisotopic (exact) mass is 302 g/mol. The number of benzene rings is 1. The molecule has 1 heterocycles. The first-order chi connectivity index (χ1) is 10.2. The van der Waals surface area contributed by atoms with Gasteiger partial charge in [-0.1, -0.05) is 6.07 Å². The maximum absolute atomic E-state index is 5.84. The molecule has 1 fully saturated rings. The molecular formula is C17H22N2OS. The third kappa shape index (κ3) is 4.55. The van der Waals surface area contributed by atoms with Gasteiger partial charge in [0, 0.05) is 30.1 Å². The van der Waals surface area contributed by atoms with Crippen molar-refractivity contribution < 1.29 is 4.74 Å². The van der Waals surface area contributed by atoms with E-state index in [1.165, 1.54) is 28.8 Å². The van der Waals surface area contributed by atoms with Gasteiger partial charge in [0.2, 0.25) is 0 Å². The van der Waals surface area contributed by atoms with Gasteiger partial charge in [-0.3, -0.25) is 0 Å². The fourth-order valence-corrected chi connectivity index (χ4v) is 3.20. The zero-order valence-electron chi connectivity index (χ0n) is 12.7. The number of nitrogens with zero attached hydrogens (tertiary/aromatic N) is 1. The van der Waals surface area contributed by atoms with Crippen LogP contribution in [-0.2, 0) is 13.0 Å². The van der Waals surface area contributed by atoms with Crippen LogP contribution in [0.5, 0.6) is 5.75 Å². The topological polar surface area (TPSA) is 34.1 Å². The number of nitrogens with one attached hydrogen (secondary N) is 1. The summed E-state index contributed by atoms with van der Waals surface area (Å²) in [5.41, 5.74) is 2.49. The van der Waals surface area contributed by atoms with Gasteiger partial charge < -0.3 is 10.1 Å².